The van der Waals surface area contributed by atoms with Gasteiger partial charge in [-0.15, -0.1) is 0 Å². The summed E-state index contributed by atoms with van der Waals surface area (Å²) in [5.74, 6) is 0. The van der Waals surface area contributed by atoms with Crippen LogP contribution in [0.1, 0.15) is 31.2 Å². The summed E-state index contributed by atoms with van der Waals surface area (Å²) in [5.41, 5.74) is 1.33. The zero-order valence-corrected chi connectivity index (χ0v) is 7.96. The maximum absolute atomic E-state index is 4.03. The molecule has 0 aliphatic heterocycles. The van der Waals surface area contributed by atoms with Crippen LogP contribution in [-0.2, 0) is 6.42 Å². The van der Waals surface area contributed by atoms with E-state index in [1.807, 2.05) is 20.0 Å². The van der Waals surface area contributed by atoms with Crippen molar-refractivity contribution in [2.75, 3.05) is 0 Å². The van der Waals surface area contributed by atoms with Crippen molar-refractivity contribution < 1.29 is 0 Å². The molecule has 0 bridgehead atoms. The Hall–Kier alpha value is -0.370. The highest BCUT2D eigenvalue weighted by Gasteiger charge is 1.94. The predicted octanol–water partition coefficient (Wildman–Crippen LogP) is 3.04. The number of hydrogen-bond donors (Lipinski definition) is 0. The first-order chi connectivity index (χ1) is 4.84. The Morgan fingerprint density at radius 1 is 1.50 bits per heavy atom. The normalized spacial score (nSPS) is 8.40. The lowest BCUT2D eigenvalue weighted by atomic mass is 10.3. The Labute approximate surface area is 67.3 Å². The average Bonchev–Trinajstić information content (AvgIpc) is 2.39. The standard InChI is InChI=1S/C6H9NS.C2H6/c1-3-6-5(2)4-7-8-6;1-2/h4H,3H2,1-2H3;1-2H3. The van der Waals surface area contributed by atoms with E-state index in [1.165, 1.54) is 10.4 Å². The molecule has 2 heteroatoms. The monoisotopic (exact) mass is 157 g/mol. The first kappa shape index (κ1) is 9.63. The van der Waals surface area contributed by atoms with Crippen molar-refractivity contribution in [3.05, 3.63) is 16.6 Å². The maximum atomic E-state index is 4.03. The molecule has 0 aliphatic carbocycles. The molecule has 0 N–H and O–H groups in total. The summed E-state index contributed by atoms with van der Waals surface area (Å²) in [7, 11) is 0. The van der Waals surface area contributed by atoms with Crippen molar-refractivity contribution in [3.8, 4) is 0 Å². The zero-order chi connectivity index (χ0) is 7.98. The van der Waals surface area contributed by atoms with Crippen LogP contribution >= 0.6 is 11.5 Å². The number of aryl methyl sites for hydroxylation is 2. The van der Waals surface area contributed by atoms with Crippen LogP contribution in [0, 0.1) is 6.92 Å². The molecule has 0 atom stereocenters. The van der Waals surface area contributed by atoms with Crippen LogP contribution in [0.2, 0.25) is 0 Å². The maximum Gasteiger partial charge on any atom is 0.0438 e. The molecule has 0 amide bonds. The van der Waals surface area contributed by atoms with Gasteiger partial charge in [-0.05, 0) is 30.4 Å². The Morgan fingerprint density at radius 2 is 2.10 bits per heavy atom. The van der Waals surface area contributed by atoms with Gasteiger partial charge in [0.25, 0.3) is 0 Å². The van der Waals surface area contributed by atoms with Gasteiger partial charge < -0.3 is 0 Å². The van der Waals surface area contributed by atoms with Gasteiger partial charge in [0.1, 0.15) is 0 Å². The number of aromatic nitrogens is 1. The van der Waals surface area contributed by atoms with Crippen LogP contribution in [0.4, 0.5) is 0 Å². The van der Waals surface area contributed by atoms with E-state index in [-0.39, 0.29) is 0 Å². The molecule has 58 valence electrons. The van der Waals surface area contributed by atoms with Gasteiger partial charge in [0.15, 0.2) is 0 Å². The van der Waals surface area contributed by atoms with E-state index in [0.717, 1.165) is 6.42 Å². The third kappa shape index (κ3) is 2.48. The smallest absolute Gasteiger partial charge is 0.0438 e. The van der Waals surface area contributed by atoms with E-state index in [4.69, 9.17) is 0 Å². The van der Waals surface area contributed by atoms with E-state index in [0.29, 0.717) is 0 Å². The van der Waals surface area contributed by atoms with Gasteiger partial charge in [-0.2, -0.15) is 0 Å². The summed E-state index contributed by atoms with van der Waals surface area (Å²) >= 11 is 1.60. The van der Waals surface area contributed by atoms with Crippen LogP contribution in [0.3, 0.4) is 0 Å². The molecule has 0 unspecified atom stereocenters. The highest BCUT2D eigenvalue weighted by atomic mass is 32.1. The molecule has 1 heterocycles. The molecule has 0 aliphatic rings. The lowest BCUT2D eigenvalue weighted by Crippen LogP contribution is -1.72. The molecule has 1 rings (SSSR count). The van der Waals surface area contributed by atoms with E-state index in [2.05, 4.69) is 18.2 Å². The molecule has 0 saturated carbocycles. The van der Waals surface area contributed by atoms with Crippen molar-refractivity contribution >= 4 is 11.5 Å². The third-order valence-corrected chi connectivity index (χ3v) is 2.21. The predicted molar refractivity (Wildman–Crippen MR) is 47.6 cm³/mol. The number of rotatable bonds is 1. The minimum atomic E-state index is 1.12. The summed E-state index contributed by atoms with van der Waals surface area (Å²) in [6.45, 7) is 8.25. The van der Waals surface area contributed by atoms with Gasteiger partial charge in [0, 0.05) is 11.1 Å². The second-order valence-corrected chi connectivity index (χ2v) is 2.67. The van der Waals surface area contributed by atoms with Crippen LogP contribution in [-0.4, -0.2) is 4.37 Å². The lowest BCUT2D eigenvalue weighted by Gasteiger charge is -1.85. The highest BCUT2D eigenvalue weighted by Crippen LogP contribution is 2.11. The second kappa shape index (κ2) is 5.42. The molecule has 1 aromatic rings. The van der Waals surface area contributed by atoms with Gasteiger partial charge in [-0.25, -0.2) is 4.37 Å². The van der Waals surface area contributed by atoms with Gasteiger partial charge >= 0.3 is 0 Å². The van der Waals surface area contributed by atoms with E-state index in [9.17, 15) is 0 Å². The minimum absolute atomic E-state index is 1.12. The largest absolute Gasteiger partial charge is 0.201 e. The van der Waals surface area contributed by atoms with Gasteiger partial charge in [0.05, 0.1) is 0 Å². The molecule has 0 radical (unpaired) electrons. The summed E-state index contributed by atoms with van der Waals surface area (Å²) < 4.78 is 4.03. The average molecular weight is 157 g/mol. The highest BCUT2D eigenvalue weighted by molar-refractivity contribution is 7.05. The van der Waals surface area contributed by atoms with Crippen LogP contribution in [0.25, 0.3) is 0 Å². The minimum Gasteiger partial charge on any atom is -0.201 e. The van der Waals surface area contributed by atoms with Crippen LogP contribution in [0.5, 0.6) is 0 Å². The van der Waals surface area contributed by atoms with Crippen LogP contribution in [0.15, 0.2) is 6.20 Å². The Balaban J connectivity index is 0.000000371. The zero-order valence-electron chi connectivity index (χ0n) is 7.14. The molecule has 0 spiro atoms. The fourth-order valence-electron chi connectivity index (χ4n) is 0.656. The molecule has 0 aromatic carbocycles. The molecule has 1 aromatic heterocycles. The fraction of sp³-hybridized carbons (Fsp3) is 0.625. The quantitative estimate of drug-likeness (QED) is 0.610. The van der Waals surface area contributed by atoms with Crippen molar-refractivity contribution in [2.24, 2.45) is 0 Å². The molecular formula is C8H15NS. The lowest BCUT2D eigenvalue weighted by molar-refractivity contribution is 1.16. The molecule has 1 nitrogen and oxygen atoms in total. The number of nitrogens with zero attached hydrogens (tertiary/aromatic N) is 1. The summed E-state index contributed by atoms with van der Waals surface area (Å²) in [6, 6.07) is 0. The Bertz CT molecular complexity index is 170. The van der Waals surface area contributed by atoms with Crippen LogP contribution < -0.4 is 0 Å². The SMILES string of the molecule is CC.CCc1sncc1C. The molecule has 10 heavy (non-hydrogen) atoms. The van der Waals surface area contributed by atoms with Crippen molar-refractivity contribution in [3.63, 3.8) is 0 Å². The summed E-state index contributed by atoms with van der Waals surface area (Å²) in [4.78, 5) is 1.41. The molecule has 0 saturated heterocycles. The Morgan fingerprint density at radius 3 is 2.30 bits per heavy atom. The van der Waals surface area contributed by atoms with Gasteiger partial charge in [-0.1, -0.05) is 20.8 Å². The van der Waals surface area contributed by atoms with E-state index < -0.39 is 0 Å². The summed E-state index contributed by atoms with van der Waals surface area (Å²) in [6.07, 6.45) is 3.04. The fourth-order valence-corrected chi connectivity index (χ4v) is 1.32. The Kier molecular flexibility index (Phi) is 5.22. The summed E-state index contributed by atoms with van der Waals surface area (Å²) in [5, 5.41) is 0. The van der Waals surface area contributed by atoms with Gasteiger partial charge in [0.2, 0.25) is 0 Å². The van der Waals surface area contributed by atoms with Crippen molar-refractivity contribution in [1.29, 1.82) is 0 Å². The topological polar surface area (TPSA) is 12.9 Å². The number of hydrogen-bond acceptors (Lipinski definition) is 2. The molecular weight excluding hydrogens is 142 g/mol. The van der Waals surface area contributed by atoms with Crippen molar-refractivity contribution in [2.45, 2.75) is 34.1 Å². The van der Waals surface area contributed by atoms with Gasteiger partial charge in [-0.3, -0.25) is 0 Å². The first-order valence-electron chi connectivity index (χ1n) is 3.74. The second-order valence-electron chi connectivity index (χ2n) is 1.79. The van der Waals surface area contributed by atoms with E-state index >= 15 is 0 Å². The van der Waals surface area contributed by atoms with E-state index in [1.54, 1.807) is 11.5 Å². The first-order valence-corrected chi connectivity index (χ1v) is 4.52. The third-order valence-electron chi connectivity index (χ3n) is 1.17. The molecule has 0 fully saturated rings. The van der Waals surface area contributed by atoms with Crippen molar-refractivity contribution in [1.82, 2.24) is 4.37 Å².